The highest BCUT2D eigenvalue weighted by Crippen LogP contribution is 2.08. The van der Waals surface area contributed by atoms with Crippen LogP contribution in [0.1, 0.15) is 40.0 Å². The third-order valence-corrected chi connectivity index (χ3v) is 2.24. The second-order valence-electron chi connectivity index (χ2n) is 3.19. The Balaban J connectivity index is 3.70. The molecule has 2 unspecified atom stereocenters. The van der Waals surface area contributed by atoms with Gasteiger partial charge in [0.1, 0.15) is 6.23 Å². The highest BCUT2D eigenvalue weighted by Gasteiger charge is 2.13. The number of aliphatic hydroxyl groups is 1. The van der Waals surface area contributed by atoms with Crippen molar-refractivity contribution < 1.29 is 5.11 Å². The van der Waals surface area contributed by atoms with Crippen LogP contribution in [0, 0.1) is 0 Å². The zero-order chi connectivity index (χ0) is 8.85. The summed E-state index contributed by atoms with van der Waals surface area (Å²) >= 11 is 0. The molecule has 0 aromatic rings. The van der Waals surface area contributed by atoms with Crippen molar-refractivity contribution in [3.8, 4) is 0 Å². The lowest BCUT2D eigenvalue weighted by atomic mass is 10.1. The van der Waals surface area contributed by atoms with E-state index < -0.39 is 0 Å². The molecule has 68 valence electrons. The van der Waals surface area contributed by atoms with E-state index in [1.165, 1.54) is 6.42 Å². The first-order chi connectivity index (χ1) is 5.13. The quantitative estimate of drug-likeness (QED) is 0.619. The molecule has 0 spiro atoms. The van der Waals surface area contributed by atoms with Crippen LogP contribution in [0.4, 0.5) is 0 Å². The second kappa shape index (κ2) is 5.56. The Morgan fingerprint density at radius 3 is 2.27 bits per heavy atom. The van der Waals surface area contributed by atoms with Gasteiger partial charge >= 0.3 is 0 Å². The maximum Gasteiger partial charge on any atom is 0.107 e. The molecule has 0 saturated carbocycles. The molecule has 0 aliphatic rings. The van der Waals surface area contributed by atoms with Crippen LogP contribution in [0.3, 0.4) is 0 Å². The zero-order valence-corrected chi connectivity index (χ0v) is 8.17. The Hall–Kier alpha value is -0.0800. The van der Waals surface area contributed by atoms with Crippen molar-refractivity contribution in [1.82, 2.24) is 4.90 Å². The average Bonchev–Trinajstić information content (AvgIpc) is 2.02. The van der Waals surface area contributed by atoms with E-state index >= 15 is 0 Å². The van der Waals surface area contributed by atoms with E-state index in [9.17, 15) is 5.11 Å². The standard InChI is InChI=1S/C9H21NO/c1-5-7-8(3)10(4)9(11)6-2/h8-9,11H,5-7H2,1-4H3. The minimum Gasteiger partial charge on any atom is -0.378 e. The minimum atomic E-state index is -0.267. The maximum atomic E-state index is 9.45. The fourth-order valence-corrected chi connectivity index (χ4v) is 1.20. The molecule has 0 saturated heterocycles. The van der Waals surface area contributed by atoms with Crippen molar-refractivity contribution in [2.24, 2.45) is 0 Å². The maximum absolute atomic E-state index is 9.45. The van der Waals surface area contributed by atoms with Crippen LogP contribution in [-0.4, -0.2) is 29.3 Å². The first kappa shape index (κ1) is 10.9. The molecule has 0 aromatic heterocycles. The fourth-order valence-electron chi connectivity index (χ4n) is 1.20. The van der Waals surface area contributed by atoms with Gasteiger partial charge in [-0.2, -0.15) is 0 Å². The molecule has 0 heterocycles. The van der Waals surface area contributed by atoms with Crippen molar-refractivity contribution in [2.75, 3.05) is 7.05 Å². The molecule has 2 heteroatoms. The Kier molecular flexibility index (Phi) is 5.51. The van der Waals surface area contributed by atoms with Gasteiger partial charge in [0.2, 0.25) is 0 Å². The van der Waals surface area contributed by atoms with Crippen LogP contribution in [0.2, 0.25) is 0 Å². The summed E-state index contributed by atoms with van der Waals surface area (Å²) in [4.78, 5) is 2.03. The van der Waals surface area contributed by atoms with E-state index in [1.807, 2.05) is 18.9 Å². The SMILES string of the molecule is CCCC(C)N(C)C(O)CC. The fraction of sp³-hybridized carbons (Fsp3) is 1.00. The van der Waals surface area contributed by atoms with Crippen LogP contribution in [0.15, 0.2) is 0 Å². The average molecular weight is 159 g/mol. The monoisotopic (exact) mass is 159 g/mol. The van der Waals surface area contributed by atoms with E-state index in [2.05, 4.69) is 13.8 Å². The van der Waals surface area contributed by atoms with Gasteiger partial charge in [-0.3, -0.25) is 4.90 Å². The van der Waals surface area contributed by atoms with E-state index in [1.54, 1.807) is 0 Å². The molecule has 0 aliphatic heterocycles. The predicted octanol–water partition coefficient (Wildman–Crippen LogP) is 1.84. The zero-order valence-electron chi connectivity index (χ0n) is 8.17. The number of hydrogen-bond donors (Lipinski definition) is 1. The molecule has 0 fully saturated rings. The Morgan fingerprint density at radius 2 is 1.91 bits per heavy atom. The highest BCUT2D eigenvalue weighted by atomic mass is 16.3. The molecule has 0 aliphatic carbocycles. The molecule has 0 rings (SSSR count). The van der Waals surface area contributed by atoms with Gasteiger partial charge in [0.15, 0.2) is 0 Å². The molecule has 2 nitrogen and oxygen atoms in total. The van der Waals surface area contributed by atoms with Crippen LogP contribution in [-0.2, 0) is 0 Å². The molecule has 2 atom stereocenters. The smallest absolute Gasteiger partial charge is 0.107 e. The lowest BCUT2D eigenvalue weighted by Gasteiger charge is -2.28. The Labute approximate surface area is 70.2 Å². The van der Waals surface area contributed by atoms with Crippen LogP contribution < -0.4 is 0 Å². The minimum absolute atomic E-state index is 0.267. The van der Waals surface area contributed by atoms with Gasteiger partial charge in [0.25, 0.3) is 0 Å². The number of hydrogen-bond acceptors (Lipinski definition) is 2. The van der Waals surface area contributed by atoms with Crippen LogP contribution in [0.5, 0.6) is 0 Å². The number of rotatable bonds is 5. The molecule has 0 bridgehead atoms. The number of aliphatic hydroxyl groups excluding tert-OH is 1. The Bertz CT molecular complexity index is 95.6. The Morgan fingerprint density at radius 1 is 1.36 bits per heavy atom. The van der Waals surface area contributed by atoms with Gasteiger partial charge in [0, 0.05) is 6.04 Å². The summed E-state index contributed by atoms with van der Waals surface area (Å²) in [5.41, 5.74) is 0. The lowest BCUT2D eigenvalue weighted by Crippen LogP contribution is -2.37. The van der Waals surface area contributed by atoms with Gasteiger partial charge in [-0.1, -0.05) is 20.3 Å². The third kappa shape index (κ3) is 3.73. The summed E-state index contributed by atoms with van der Waals surface area (Å²) in [6, 6.07) is 0.495. The topological polar surface area (TPSA) is 23.5 Å². The molecular formula is C9H21NO. The normalized spacial score (nSPS) is 16.9. The van der Waals surface area contributed by atoms with E-state index in [0.29, 0.717) is 6.04 Å². The van der Waals surface area contributed by atoms with Gasteiger partial charge in [0.05, 0.1) is 0 Å². The molecule has 0 radical (unpaired) electrons. The van der Waals surface area contributed by atoms with E-state index in [0.717, 1.165) is 12.8 Å². The van der Waals surface area contributed by atoms with E-state index in [-0.39, 0.29) is 6.23 Å². The van der Waals surface area contributed by atoms with E-state index in [4.69, 9.17) is 0 Å². The van der Waals surface area contributed by atoms with Crippen LogP contribution >= 0.6 is 0 Å². The van der Waals surface area contributed by atoms with Gasteiger partial charge in [-0.25, -0.2) is 0 Å². The molecule has 0 aromatic carbocycles. The summed E-state index contributed by atoms with van der Waals surface area (Å²) in [5, 5.41) is 9.45. The first-order valence-corrected chi connectivity index (χ1v) is 4.53. The van der Waals surface area contributed by atoms with Crippen molar-refractivity contribution >= 4 is 0 Å². The largest absolute Gasteiger partial charge is 0.378 e. The summed E-state index contributed by atoms with van der Waals surface area (Å²) in [6.45, 7) is 6.32. The summed E-state index contributed by atoms with van der Waals surface area (Å²) in [5.74, 6) is 0. The van der Waals surface area contributed by atoms with Crippen molar-refractivity contribution in [2.45, 2.75) is 52.3 Å². The molecule has 1 N–H and O–H groups in total. The first-order valence-electron chi connectivity index (χ1n) is 4.53. The number of nitrogens with zero attached hydrogens (tertiary/aromatic N) is 1. The van der Waals surface area contributed by atoms with Gasteiger partial charge in [-0.15, -0.1) is 0 Å². The van der Waals surface area contributed by atoms with Crippen molar-refractivity contribution in [3.63, 3.8) is 0 Å². The summed E-state index contributed by atoms with van der Waals surface area (Å²) < 4.78 is 0. The molecular weight excluding hydrogens is 138 g/mol. The van der Waals surface area contributed by atoms with Crippen molar-refractivity contribution in [3.05, 3.63) is 0 Å². The summed E-state index contributed by atoms with van der Waals surface area (Å²) in [7, 11) is 1.98. The van der Waals surface area contributed by atoms with Crippen molar-refractivity contribution in [1.29, 1.82) is 0 Å². The predicted molar refractivity (Wildman–Crippen MR) is 48.4 cm³/mol. The lowest BCUT2D eigenvalue weighted by molar-refractivity contribution is -0.00589. The van der Waals surface area contributed by atoms with Gasteiger partial charge in [-0.05, 0) is 26.8 Å². The molecule has 0 amide bonds. The second-order valence-corrected chi connectivity index (χ2v) is 3.19. The summed E-state index contributed by atoms with van der Waals surface area (Å²) in [6.07, 6.45) is 2.89. The van der Waals surface area contributed by atoms with Gasteiger partial charge < -0.3 is 5.11 Å². The molecule has 11 heavy (non-hydrogen) atoms. The van der Waals surface area contributed by atoms with Crippen LogP contribution in [0.25, 0.3) is 0 Å². The highest BCUT2D eigenvalue weighted by molar-refractivity contribution is 4.64. The third-order valence-electron chi connectivity index (χ3n) is 2.24.